The summed E-state index contributed by atoms with van der Waals surface area (Å²) in [6, 6.07) is 4.64. The van der Waals surface area contributed by atoms with Gasteiger partial charge in [0.25, 0.3) is 5.91 Å². The van der Waals surface area contributed by atoms with Gasteiger partial charge < -0.3 is 20.1 Å². The van der Waals surface area contributed by atoms with Crippen molar-refractivity contribution in [2.45, 2.75) is 31.8 Å². The maximum atomic E-state index is 12.7. The molecule has 1 aromatic carbocycles. The molecule has 1 saturated heterocycles. The number of benzene rings is 1. The molecule has 9 heteroatoms. The second-order valence-electron chi connectivity index (χ2n) is 6.63. The van der Waals surface area contributed by atoms with Crippen molar-refractivity contribution in [1.29, 1.82) is 0 Å². The summed E-state index contributed by atoms with van der Waals surface area (Å²) < 4.78 is 5.29. The largest absolute Gasteiger partial charge is 0.465 e. The summed E-state index contributed by atoms with van der Waals surface area (Å²) in [5, 5.41) is 12.9. The fourth-order valence-electron chi connectivity index (χ4n) is 3.32. The maximum absolute atomic E-state index is 12.7. The van der Waals surface area contributed by atoms with E-state index >= 15 is 0 Å². The molecule has 2 heterocycles. The molecule has 29 heavy (non-hydrogen) atoms. The molecule has 0 spiro atoms. The molecule has 0 saturated carbocycles. The lowest BCUT2D eigenvalue weighted by Gasteiger charge is -2.29. The number of hydrogen-bond donors (Lipinski definition) is 3. The number of ether oxygens (including phenoxy) is 1. The number of hydrogen-bond acceptors (Lipinski definition) is 5. The molecular formula is C20H21N3O6. The number of piperidine rings is 1. The lowest BCUT2D eigenvalue weighted by atomic mass is 10.0. The van der Waals surface area contributed by atoms with Crippen LogP contribution in [0.15, 0.2) is 18.2 Å². The van der Waals surface area contributed by atoms with Crippen LogP contribution in [0, 0.1) is 11.8 Å². The van der Waals surface area contributed by atoms with E-state index in [-0.39, 0.29) is 37.9 Å². The number of imide groups is 1. The van der Waals surface area contributed by atoms with Crippen molar-refractivity contribution in [1.82, 2.24) is 15.5 Å². The van der Waals surface area contributed by atoms with Gasteiger partial charge in [-0.1, -0.05) is 17.9 Å². The van der Waals surface area contributed by atoms with Crippen molar-refractivity contribution in [2.24, 2.45) is 0 Å². The SMILES string of the molecule is O=C(O)NCCOCCC#Cc1cccc2c1CN(C1CCC(=O)NC1=O)C2=O. The van der Waals surface area contributed by atoms with E-state index in [2.05, 4.69) is 22.5 Å². The topological polar surface area (TPSA) is 125 Å². The molecule has 4 amide bonds. The van der Waals surface area contributed by atoms with Gasteiger partial charge in [0, 0.05) is 37.1 Å². The van der Waals surface area contributed by atoms with Crippen molar-refractivity contribution < 1.29 is 29.0 Å². The zero-order valence-electron chi connectivity index (χ0n) is 15.7. The summed E-state index contributed by atoms with van der Waals surface area (Å²) in [5.41, 5.74) is 2.02. The molecule has 9 nitrogen and oxygen atoms in total. The molecule has 1 aromatic rings. The van der Waals surface area contributed by atoms with E-state index < -0.39 is 18.0 Å². The van der Waals surface area contributed by atoms with Crippen molar-refractivity contribution >= 4 is 23.8 Å². The van der Waals surface area contributed by atoms with Gasteiger partial charge in [0.05, 0.1) is 13.2 Å². The molecule has 2 aliphatic rings. The Balaban J connectivity index is 1.59. The molecule has 0 bridgehead atoms. The fourth-order valence-corrected chi connectivity index (χ4v) is 3.32. The third kappa shape index (κ3) is 4.92. The van der Waals surface area contributed by atoms with E-state index in [9.17, 15) is 19.2 Å². The molecule has 0 radical (unpaired) electrons. The molecule has 3 N–H and O–H groups in total. The van der Waals surface area contributed by atoms with E-state index in [1.807, 2.05) is 6.07 Å². The highest BCUT2D eigenvalue weighted by Crippen LogP contribution is 2.29. The number of carbonyl (C=O) groups is 4. The predicted molar refractivity (Wildman–Crippen MR) is 101 cm³/mol. The Morgan fingerprint density at radius 2 is 2.14 bits per heavy atom. The number of fused-ring (bicyclic) bond motifs is 1. The number of rotatable bonds is 6. The van der Waals surface area contributed by atoms with Gasteiger partial charge in [-0.05, 0) is 24.1 Å². The van der Waals surface area contributed by atoms with Crippen molar-refractivity contribution in [3.05, 3.63) is 34.9 Å². The zero-order valence-corrected chi connectivity index (χ0v) is 15.7. The quantitative estimate of drug-likeness (QED) is 0.363. The summed E-state index contributed by atoms with van der Waals surface area (Å²) in [6.07, 6.45) is -0.0983. The highest BCUT2D eigenvalue weighted by atomic mass is 16.5. The number of carbonyl (C=O) groups excluding carboxylic acids is 3. The Kier molecular flexibility index (Phi) is 6.46. The minimum atomic E-state index is -1.09. The first-order valence-electron chi connectivity index (χ1n) is 9.27. The van der Waals surface area contributed by atoms with Gasteiger partial charge in [-0.15, -0.1) is 0 Å². The fraction of sp³-hybridized carbons (Fsp3) is 0.400. The van der Waals surface area contributed by atoms with Gasteiger partial charge in [0.15, 0.2) is 0 Å². The monoisotopic (exact) mass is 399 g/mol. The summed E-state index contributed by atoms with van der Waals surface area (Å²) >= 11 is 0. The van der Waals surface area contributed by atoms with Gasteiger partial charge in [-0.2, -0.15) is 0 Å². The smallest absolute Gasteiger partial charge is 0.404 e. The van der Waals surface area contributed by atoms with E-state index in [0.717, 1.165) is 11.1 Å². The summed E-state index contributed by atoms with van der Waals surface area (Å²) in [5.74, 6) is 5.05. The van der Waals surface area contributed by atoms with Crippen molar-refractivity contribution in [3.8, 4) is 11.8 Å². The van der Waals surface area contributed by atoms with Gasteiger partial charge in [-0.25, -0.2) is 4.79 Å². The third-order valence-electron chi connectivity index (χ3n) is 4.70. The van der Waals surface area contributed by atoms with Crippen LogP contribution < -0.4 is 10.6 Å². The maximum Gasteiger partial charge on any atom is 0.404 e. The third-order valence-corrected chi connectivity index (χ3v) is 4.70. The van der Waals surface area contributed by atoms with Crippen molar-refractivity contribution in [2.75, 3.05) is 19.8 Å². The van der Waals surface area contributed by atoms with Crippen LogP contribution >= 0.6 is 0 Å². The Labute approximate surface area is 167 Å². The van der Waals surface area contributed by atoms with Crippen LogP contribution in [0.2, 0.25) is 0 Å². The van der Waals surface area contributed by atoms with Crippen LogP contribution in [0.4, 0.5) is 4.79 Å². The first-order chi connectivity index (χ1) is 14.0. The van der Waals surface area contributed by atoms with Crippen LogP contribution in [-0.2, 0) is 20.9 Å². The first kappa shape index (κ1) is 20.4. The molecule has 1 unspecified atom stereocenters. The summed E-state index contributed by atoms with van der Waals surface area (Å²) in [7, 11) is 0. The summed E-state index contributed by atoms with van der Waals surface area (Å²) in [6.45, 7) is 1.13. The normalized spacial score (nSPS) is 18.0. The van der Waals surface area contributed by atoms with Crippen molar-refractivity contribution in [3.63, 3.8) is 0 Å². The standard InChI is InChI=1S/C20H21N3O6/c24-17-8-7-16(18(25)22-17)23-12-15-13(5-3-6-14(15)19(23)26)4-1-2-10-29-11-9-21-20(27)28/h3,5-6,16,21H,2,7-12H2,(H,27,28)(H,22,24,25). The Bertz CT molecular complexity index is 901. The van der Waals surface area contributed by atoms with Crippen LogP contribution in [0.1, 0.15) is 40.7 Å². The second kappa shape index (κ2) is 9.21. The molecule has 1 atom stereocenters. The average molecular weight is 399 g/mol. The molecule has 152 valence electrons. The molecule has 3 rings (SSSR count). The number of carboxylic acid groups (broad SMARTS) is 1. The minimum absolute atomic E-state index is 0.213. The molecular weight excluding hydrogens is 378 g/mol. The molecule has 0 aliphatic carbocycles. The van der Waals surface area contributed by atoms with Crippen LogP contribution in [0.5, 0.6) is 0 Å². The lowest BCUT2D eigenvalue weighted by molar-refractivity contribution is -0.136. The number of amides is 4. The van der Waals surface area contributed by atoms with E-state index in [0.29, 0.717) is 25.0 Å². The first-order valence-corrected chi connectivity index (χ1v) is 9.27. The second-order valence-corrected chi connectivity index (χ2v) is 6.63. The van der Waals surface area contributed by atoms with Crippen LogP contribution in [-0.4, -0.2) is 59.6 Å². The minimum Gasteiger partial charge on any atom is -0.465 e. The number of nitrogens with zero attached hydrogens (tertiary/aromatic N) is 1. The molecule has 1 fully saturated rings. The highest BCUT2D eigenvalue weighted by Gasteiger charge is 2.39. The Morgan fingerprint density at radius 1 is 1.31 bits per heavy atom. The zero-order chi connectivity index (χ0) is 20.8. The molecule has 2 aliphatic heterocycles. The number of nitrogens with one attached hydrogen (secondary N) is 2. The van der Waals surface area contributed by atoms with Crippen LogP contribution in [0.3, 0.4) is 0 Å². The van der Waals surface area contributed by atoms with Gasteiger partial charge in [0.1, 0.15) is 6.04 Å². The van der Waals surface area contributed by atoms with Gasteiger partial charge in [0.2, 0.25) is 11.8 Å². The van der Waals surface area contributed by atoms with E-state index in [1.165, 1.54) is 4.90 Å². The Morgan fingerprint density at radius 3 is 2.90 bits per heavy atom. The lowest BCUT2D eigenvalue weighted by Crippen LogP contribution is -2.52. The highest BCUT2D eigenvalue weighted by molar-refractivity contribution is 6.05. The predicted octanol–water partition coefficient (Wildman–Crippen LogP) is 0.473. The average Bonchev–Trinajstić information content (AvgIpc) is 3.01. The van der Waals surface area contributed by atoms with Gasteiger partial charge >= 0.3 is 6.09 Å². The molecule has 0 aromatic heterocycles. The van der Waals surface area contributed by atoms with Crippen LogP contribution in [0.25, 0.3) is 0 Å². The van der Waals surface area contributed by atoms with E-state index in [1.54, 1.807) is 12.1 Å². The summed E-state index contributed by atoms with van der Waals surface area (Å²) in [4.78, 5) is 48.0. The van der Waals surface area contributed by atoms with E-state index in [4.69, 9.17) is 9.84 Å². The van der Waals surface area contributed by atoms with Gasteiger partial charge in [-0.3, -0.25) is 19.7 Å². The Hall–Kier alpha value is -3.38.